The fourth-order valence-corrected chi connectivity index (χ4v) is 4.91. The number of aliphatic carboxylic acids is 1. The first-order chi connectivity index (χ1) is 16.0. The lowest BCUT2D eigenvalue weighted by Gasteiger charge is -2.23. The summed E-state index contributed by atoms with van der Waals surface area (Å²) < 4.78 is 5.53. The van der Waals surface area contributed by atoms with Gasteiger partial charge in [0.1, 0.15) is 12.6 Å². The molecule has 0 saturated carbocycles. The molecule has 2 aromatic rings. The van der Waals surface area contributed by atoms with Crippen molar-refractivity contribution in [2.24, 2.45) is 5.92 Å². The standard InChI is InChI=1S/C26H30N2O5/c1-17(15-24(29)28-14-6-11-23(28)25(30)31)12-13-27-26(32)33-16-22-20-9-4-2-7-18(20)19-8-3-5-10-21(19)22/h2-5,7-10,17,22-23H,6,11-16H2,1H3,(H,27,32)(H,30,31)/t17?,23-/m1/s1. The number of hydrogen-bond donors (Lipinski definition) is 2. The van der Waals surface area contributed by atoms with Crippen LogP contribution in [0.5, 0.6) is 0 Å². The largest absolute Gasteiger partial charge is 0.480 e. The second-order valence-electron chi connectivity index (χ2n) is 8.93. The van der Waals surface area contributed by atoms with Gasteiger partial charge in [-0.2, -0.15) is 0 Å². The van der Waals surface area contributed by atoms with E-state index in [-0.39, 0.29) is 30.8 Å². The number of amides is 2. The number of fused-ring (bicyclic) bond motifs is 3. The summed E-state index contributed by atoms with van der Waals surface area (Å²) in [5.41, 5.74) is 4.70. The number of ether oxygens (including phenoxy) is 1. The highest BCUT2D eigenvalue weighted by atomic mass is 16.5. The van der Waals surface area contributed by atoms with E-state index in [1.165, 1.54) is 27.2 Å². The van der Waals surface area contributed by atoms with E-state index in [9.17, 15) is 19.5 Å². The van der Waals surface area contributed by atoms with Crippen LogP contribution in [0.3, 0.4) is 0 Å². The van der Waals surface area contributed by atoms with Crippen molar-refractivity contribution in [3.63, 3.8) is 0 Å². The zero-order valence-corrected chi connectivity index (χ0v) is 18.8. The highest BCUT2D eigenvalue weighted by molar-refractivity contribution is 5.84. The Labute approximate surface area is 193 Å². The summed E-state index contributed by atoms with van der Waals surface area (Å²) in [5, 5.41) is 12.0. The quantitative estimate of drug-likeness (QED) is 0.633. The van der Waals surface area contributed by atoms with E-state index in [0.717, 1.165) is 6.42 Å². The Hall–Kier alpha value is -3.35. The van der Waals surface area contributed by atoms with Gasteiger partial charge in [0.15, 0.2) is 0 Å². The average Bonchev–Trinajstić information content (AvgIpc) is 3.41. The molecule has 0 spiro atoms. The van der Waals surface area contributed by atoms with Crippen LogP contribution in [0.25, 0.3) is 11.1 Å². The second-order valence-corrected chi connectivity index (χ2v) is 8.93. The van der Waals surface area contributed by atoms with Crippen molar-refractivity contribution in [1.29, 1.82) is 0 Å². The molecule has 7 nitrogen and oxygen atoms in total. The Bertz CT molecular complexity index is 991. The lowest BCUT2D eigenvalue weighted by molar-refractivity contribution is -0.148. The molecular formula is C26H30N2O5. The summed E-state index contributed by atoms with van der Waals surface area (Å²) >= 11 is 0. The molecule has 174 valence electrons. The molecule has 1 aliphatic heterocycles. The van der Waals surface area contributed by atoms with E-state index in [1.807, 2.05) is 31.2 Å². The smallest absolute Gasteiger partial charge is 0.407 e. The Morgan fingerprint density at radius 1 is 1.09 bits per heavy atom. The van der Waals surface area contributed by atoms with Gasteiger partial charge in [-0.3, -0.25) is 4.79 Å². The maximum Gasteiger partial charge on any atom is 0.407 e. The van der Waals surface area contributed by atoms with Gasteiger partial charge in [0.25, 0.3) is 0 Å². The van der Waals surface area contributed by atoms with E-state index >= 15 is 0 Å². The zero-order valence-electron chi connectivity index (χ0n) is 18.8. The van der Waals surface area contributed by atoms with Crippen molar-refractivity contribution in [2.45, 2.75) is 44.6 Å². The fraction of sp³-hybridized carbons (Fsp3) is 0.423. The predicted molar refractivity (Wildman–Crippen MR) is 124 cm³/mol. The Morgan fingerprint density at radius 3 is 2.36 bits per heavy atom. The molecule has 1 fully saturated rings. The molecule has 4 rings (SSSR count). The number of carbonyl (C=O) groups excluding carboxylic acids is 2. The Kier molecular flexibility index (Phi) is 6.96. The molecule has 1 saturated heterocycles. The number of carbonyl (C=O) groups is 3. The summed E-state index contributed by atoms with van der Waals surface area (Å²) in [5.74, 6) is -1.03. The minimum absolute atomic E-state index is 0.0161. The number of likely N-dealkylation sites (tertiary alicyclic amines) is 1. The minimum atomic E-state index is -0.939. The van der Waals surface area contributed by atoms with Crippen molar-refractivity contribution in [1.82, 2.24) is 10.2 Å². The molecule has 2 amide bonds. The molecule has 1 heterocycles. The van der Waals surface area contributed by atoms with Gasteiger partial charge in [0.2, 0.25) is 5.91 Å². The molecule has 2 atom stereocenters. The lowest BCUT2D eigenvalue weighted by Crippen LogP contribution is -2.41. The summed E-state index contributed by atoms with van der Waals surface area (Å²) in [6.45, 7) is 3.09. The SMILES string of the molecule is CC(CCNC(=O)OCC1c2ccccc2-c2ccccc21)CC(=O)N1CCC[C@@H]1C(=O)O. The molecule has 0 radical (unpaired) electrons. The van der Waals surface area contributed by atoms with Crippen molar-refractivity contribution in [3.8, 4) is 11.1 Å². The number of alkyl carbamates (subject to hydrolysis) is 1. The van der Waals surface area contributed by atoms with Crippen molar-refractivity contribution in [2.75, 3.05) is 19.7 Å². The third-order valence-corrected chi connectivity index (χ3v) is 6.63. The number of nitrogens with one attached hydrogen (secondary N) is 1. The van der Waals surface area contributed by atoms with Gasteiger partial charge in [0.05, 0.1) is 0 Å². The minimum Gasteiger partial charge on any atom is -0.480 e. The maximum absolute atomic E-state index is 12.5. The fourth-order valence-electron chi connectivity index (χ4n) is 4.91. The van der Waals surface area contributed by atoms with Crippen LogP contribution in [0.4, 0.5) is 4.79 Å². The number of nitrogens with zero attached hydrogens (tertiary/aromatic N) is 1. The number of carboxylic acid groups (broad SMARTS) is 1. The van der Waals surface area contributed by atoms with E-state index in [2.05, 4.69) is 29.6 Å². The first-order valence-electron chi connectivity index (χ1n) is 11.6. The molecule has 33 heavy (non-hydrogen) atoms. The van der Waals surface area contributed by atoms with Crippen molar-refractivity contribution < 1.29 is 24.2 Å². The van der Waals surface area contributed by atoms with E-state index in [0.29, 0.717) is 25.9 Å². The van der Waals surface area contributed by atoms with Crippen LogP contribution in [0, 0.1) is 5.92 Å². The van der Waals surface area contributed by atoms with Gasteiger partial charge < -0.3 is 20.1 Å². The van der Waals surface area contributed by atoms with E-state index < -0.39 is 18.1 Å². The number of benzene rings is 2. The van der Waals surface area contributed by atoms with Crippen molar-refractivity contribution >= 4 is 18.0 Å². The molecular weight excluding hydrogens is 420 g/mol. The summed E-state index contributed by atoms with van der Waals surface area (Å²) in [6, 6.07) is 15.7. The summed E-state index contributed by atoms with van der Waals surface area (Å²) in [4.78, 5) is 37.5. The topological polar surface area (TPSA) is 95.9 Å². The molecule has 7 heteroatoms. The van der Waals surface area contributed by atoms with Gasteiger partial charge in [-0.05, 0) is 47.4 Å². The predicted octanol–water partition coefficient (Wildman–Crippen LogP) is 4.02. The first kappa shape index (κ1) is 22.8. The Balaban J connectivity index is 1.22. The highest BCUT2D eigenvalue weighted by Crippen LogP contribution is 2.44. The van der Waals surface area contributed by atoms with E-state index in [4.69, 9.17) is 4.74 Å². The van der Waals surface area contributed by atoms with Gasteiger partial charge in [0, 0.05) is 25.4 Å². The molecule has 1 aliphatic carbocycles. The maximum atomic E-state index is 12.5. The van der Waals surface area contributed by atoms with Crippen LogP contribution >= 0.6 is 0 Å². The Morgan fingerprint density at radius 2 is 1.73 bits per heavy atom. The zero-order chi connectivity index (χ0) is 23.4. The molecule has 2 aromatic carbocycles. The first-order valence-corrected chi connectivity index (χ1v) is 11.6. The van der Waals surface area contributed by atoms with Crippen LogP contribution in [0.2, 0.25) is 0 Å². The van der Waals surface area contributed by atoms with Gasteiger partial charge in [-0.1, -0.05) is 55.5 Å². The van der Waals surface area contributed by atoms with Crippen LogP contribution in [0.15, 0.2) is 48.5 Å². The third-order valence-electron chi connectivity index (χ3n) is 6.63. The number of hydrogen-bond acceptors (Lipinski definition) is 4. The third kappa shape index (κ3) is 5.02. The number of rotatable bonds is 8. The number of carboxylic acids is 1. The van der Waals surface area contributed by atoms with E-state index in [1.54, 1.807) is 0 Å². The van der Waals surface area contributed by atoms with Crippen LogP contribution in [-0.2, 0) is 14.3 Å². The van der Waals surface area contributed by atoms with Crippen molar-refractivity contribution in [3.05, 3.63) is 59.7 Å². The summed E-state index contributed by atoms with van der Waals surface area (Å²) in [7, 11) is 0. The highest BCUT2D eigenvalue weighted by Gasteiger charge is 2.34. The van der Waals surface area contributed by atoms with Crippen LogP contribution in [-0.4, -0.2) is 53.7 Å². The monoisotopic (exact) mass is 450 g/mol. The average molecular weight is 451 g/mol. The lowest BCUT2D eigenvalue weighted by atomic mass is 9.98. The van der Waals surface area contributed by atoms with Crippen LogP contribution in [0.1, 0.15) is 49.7 Å². The second kappa shape index (κ2) is 10.1. The summed E-state index contributed by atoms with van der Waals surface area (Å²) in [6.07, 6.45) is 1.65. The van der Waals surface area contributed by atoms with Gasteiger partial charge >= 0.3 is 12.1 Å². The van der Waals surface area contributed by atoms with Gasteiger partial charge in [-0.25, -0.2) is 9.59 Å². The normalized spacial score (nSPS) is 17.8. The molecule has 0 bridgehead atoms. The molecule has 2 aliphatic rings. The molecule has 0 aromatic heterocycles. The van der Waals surface area contributed by atoms with Crippen LogP contribution < -0.4 is 5.32 Å². The van der Waals surface area contributed by atoms with Gasteiger partial charge in [-0.15, -0.1) is 0 Å². The molecule has 2 N–H and O–H groups in total. The molecule has 1 unspecified atom stereocenters.